The van der Waals surface area contributed by atoms with Gasteiger partial charge in [0.15, 0.2) is 0 Å². The van der Waals surface area contributed by atoms with E-state index < -0.39 is 23.9 Å². The number of hydrogen-bond acceptors (Lipinski definition) is 6. The first kappa shape index (κ1) is 32.3. The monoisotopic (exact) mass is 528 g/mol. The van der Waals surface area contributed by atoms with Gasteiger partial charge in [0.25, 0.3) is 0 Å². The molecule has 8 heteroatoms. The standard InChI is InChI=1S/C16H22O4.C14H18O4/c1-2-3-4-5-6-7-11-20-16(19)14-10-8-9-13(12-14)15(17)18;1-2-3-4-5-9-18-14(17)12-8-6-7-11(10-12)13(15)16/h8-10,12H,2-7,11H2,1H3,(H,17,18);6-8,10H,2-5,9H2,1H3,(H,15,16). The predicted molar refractivity (Wildman–Crippen MR) is 145 cm³/mol. The Balaban J connectivity index is 0.000000382. The van der Waals surface area contributed by atoms with Crippen LogP contribution in [0.3, 0.4) is 0 Å². The number of benzene rings is 2. The van der Waals surface area contributed by atoms with Gasteiger partial charge in [-0.3, -0.25) is 0 Å². The van der Waals surface area contributed by atoms with E-state index in [-0.39, 0.29) is 22.3 Å². The average Bonchev–Trinajstić information content (AvgIpc) is 2.92. The molecule has 0 unspecified atom stereocenters. The summed E-state index contributed by atoms with van der Waals surface area (Å²) in [6, 6.07) is 11.8. The molecule has 38 heavy (non-hydrogen) atoms. The normalized spacial score (nSPS) is 10.2. The van der Waals surface area contributed by atoms with Gasteiger partial charge in [-0.15, -0.1) is 0 Å². The van der Waals surface area contributed by atoms with Crippen molar-refractivity contribution in [1.29, 1.82) is 0 Å². The van der Waals surface area contributed by atoms with E-state index in [1.54, 1.807) is 18.2 Å². The summed E-state index contributed by atoms with van der Waals surface area (Å²) >= 11 is 0. The zero-order valence-electron chi connectivity index (χ0n) is 22.4. The zero-order valence-corrected chi connectivity index (χ0v) is 22.4. The van der Waals surface area contributed by atoms with Gasteiger partial charge in [-0.05, 0) is 49.2 Å². The topological polar surface area (TPSA) is 127 Å². The third-order valence-electron chi connectivity index (χ3n) is 5.65. The third kappa shape index (κ3) is 13.6. The Hall–Kier alpha value is -3.68. The molecule has 0 atom stereocenters. The van der Waals surface area contributed by atoms with Crippen LogP contribution >= 0.6 is 0 Å². The SMILES string of the molecule is CCCCCCCCOC(=O)c1cccc(C(=O)O)c1.CCCCCCOC(=O)c1cccc(C(=O)O)c1. The minimum absolute atomic E-state index is 0.0930. The lowest BCUT2D eigenvalue weighted by atomic mass is 10.1. The summed E-state index contributed by atoms with van der Waals surface area (Å²) in [6.07, 6.45) is 10.9. The van der Waals surface area contributed by atoms with Crippen LogP contribution in [-0.4, -0.2) is 47.3 Å². The summed E-state index contributed by atoms with van der Waals surface area (Å²) in [5.41, 5.74) is 0.760. The van der Waals surface area contributed by atoms with Crippen molar-refractivity contribution < 1.29 is 38.9 Å². The van der Waals surface area contributed by atoms with E-state index >= 15 is 0 Å². The maximum absolute atomic E-state index is 11.7. The van der Waals surface area contributed by atoms with Crippen LogP contribution in [0, 0.1) is 0 Å². The molecule has 0 radical (unpaired) electrons. The highest BCUT2D eigenvalue weighted by Gasteiger charge is 2.11. The molecule has 0 amide bonds. The largest absolute Gasteiger partial charge is 0.478 e. The molecular weight excluding hydrogens is 488 g/mol. The average molecular weight is 529 g/mol. The van der Waals surface area contributed by atoms with E-state index in [1.807, 2.05) is 0 Å². The fraction of sp³-hybridized carbons (Fsp3) is 0.467. The highest BCUT2D eigenvalue weighted by atomic mass is 16.5. The molecule has 0 heterocycles. The lowest BCUT2D eigenvalue weighted by Gasteiger charge is -2.05. The smallest absolute Gasteiger partial charge is 0.338 e. The van der Waals surface area contributed by atoms with E-state index in [9.17, 15) is 19.2 Å². The highest BCUT2D eigenvalue weighted by Crippen LogP contribution is 2.10. The van der Waals surface area contributed by atoms with E-state index in [4.69, 9.17) is 19.7 Å². The van der Waals surface area contributed by atoms with Crippen molar-refractivity contribution in [2.45, 2.75) is 78.1 Å². The van der Waals surface area contributed by atoms with Gasteiger partial charge in [-0.1, -0.05) is 77.3 Å². The number of aromatic carboxylic acids is 2. The summed E-state index contributed by atoms with van der Waals surface area (Å²) in [4.78, 5) is 44.9. The van der Waals surface area contributed by atoms with Crippen LogP contribution in [0.25, 0.3) is 0 Å². The third-order valence-corrected chi connectivity index (χ3v) is 5.65. The summed E-state index contributed by atoms with van der Waals surface area (Å²) in [5.74, 6) is -3.01. The van der Waals surface area contributed by atoms with Crippen LogP contribution < -0.4 is 0 Å². The second-order valence-corrected chi connectivity index (χ2v) is 8.87. The number of carbonyl (C=O) groups excluding carboxylic acids is 2. The molecule has 0 saturated carbocycles. The van der Waals surface area contributed by atoms with Crippen molar-refractivity contribution in [2.24, 2.45) is 0 Å². The van der Waals surface area contributed by atoms with Crippen LogP contribution in [0.15, 0.2) is 48.5 Å². The number of carboxylic acid groups (broad SMARTS) is 2. The Morgan fingerprint density at radius 1 is 0.553 bits per heavy atom. The van der Waals surface area contributed by atoms with Gasteiger partial charge in [-0.25, -0.2) is 19.2 Å². The Kier molecular flexibility index (Phi) is 16.5. The maximum atomic E-state index is 11.7. The molecule has 0 saturated heterocycles. The predicted octanol–water partition coefficient (Wildman–Crippen LogP) is 7.02. The number of esters is 2. The van der Waals surface area contributed by atoms with E-state index in [2.05, 4.69) is 13.8 Å². The molecule has 2 N–H and O–H groups in total. The fourth-order valence-corrected chi connectivity index (χ4v) is 3.47. The van der Waals surface area contributed by atoms with Gasteiger partial charge in [0.2, 0.25) is 0 Å². The lowest BCUT2D eigenvalue weighted by Crippen LogP contribution is -2.08. The van der Waals surface area contributed by atoms with Gasteiger partial charge in [0, 0.05) is 0 Å². The van der Waals surface area contributed by atoms with Crippen molar-refractivity contribution in [3.05, 3.63) is 70.8 Å². The first-order valence-electron chi connectivity index (χ1n) is 13.3. The molecule has 0 spiro atoms. The number of unbranched alkanes of at least 4 members (excludes halogenated alkanes) is 8. The molecule has 2 aromatic rings. The Bertz CT molecular complexity index is 1010. The zero-order chi connectivity index (χ0) is 28.2. The van der Waals surface area contributed by atoms with Crippen molar-refractivity contribution in [3.63, 3.8) is 0 Å². The molecule has 2 aromatic carbocycles. The van der Waals surface area contributed by atoms with Crippen molar-refractivity contribution in [2.75, 3.05) is 13.2 Å². The molecule has 8 nitrogen and oxygen atoms in total. The van der Waals surface area contributed by atoms with E-state index in [1.165, 1.54) is 56.0 Å². The molecule has 2 rings (SSSR count). The summed E-state index contributed by atoms with van der Waals surface area (Å²) in [5, 5.41) is 17.7. The van der Waals surface area contributed by atoms with Crippen LogP contribution in [0.5, 0.6) is 0 Å². The van der Waals surface area contributed by atoms with E-state index in [0.717, 1.165) is 38.5 Å². The van der Waals surface area contributed by atoms with Crippen LogP contribution in [0.2, 0.25) is 0 Å². The summed E-state index contributed by atoms with van der Waals surface area (Å²) in [7, 11) is 0. The highest BCUT2D eigenvalue weighted by molar-refractivity contribution is 5.95. The molecule has 0 aliphatic heterocycles. The van der Waals surface area contributed by atoms with Gasteiger partial charge >= 0.3 is 23.9 Å². The van der Waals surface area contributed by atoms with Crippen LogP contribution in [0.1, 0.15) is 119 Å². The number of rotatable bonds is 16. The number of ether oxygens (including phenoxy) is 2. The molecule has 0 fully saturated rings. The second kappa shape index (κ2) is 19.4. The van der Waals surface area contributed by atoms with Crippen molar-refractivity contribution in [1.82, 2.24) is 0 Å². The maximum Gasteiger partial charge on any atom is 0.338 e. The van der Waals surface area contributed by atoms with Gasteiger partial charge in [0.1, 0.15) is 0 Å². The minimum atomic E-state index is -1.05. The first-order valence-corrected chi connectivity index (χ1v) is 13.3. The Labute approximate surface area is 225 Å². The number of carbonyl (C=O) groups is 4. The van der Waals surface area contributed by atoms with E-state index in [0.29, 0.717) is 13.2 Å². The fourth-order valence-electron chi connectivity index (χ4n) is 3.47. The lowest BCUT2D eigenvalue weighted by molar-refractivity contribution is 0.0488. The molecular formula is C30H40O8. The van der Waals surface area contributed by atoms with Gasteiger partial charge < -0.3 is 19.7 Å². The summed E-state index contributed by atoms with van der Waals surface area (Å²) in [6.45, 7) is 5.06. The first-order chi connectivity index (χ1) is 18.3. The molecule has 0 aliphatic rings. The second-order valence-electron chi connectivity index (χ2n) is 8.87. The Morgan fingerprint density at radius 2 is 0.895 bits per heavy atom. The Morgan fingerprint density at radius 3 is 1.29 bits per heavy atom. The minimum Gasteiger partial charge on any atom is -0.478 e. The quantitative estimate of drug-likeness (QED) is 0.176. The molecule has 0 bridgehead atoms. The number of hydrogen-bond donors (Lipinski definition) is 2. The van der Waals surface area contributed by atoms with Gasteiger partial charge in [0.05, 0.1) is 35.5 Å². The molecule has 0 aromatic heterocycles. The summed E-state index contributed by atoms with van der Waals surface area (Å²) < 4.78 is 10.2. The molecule has 0 aliphatic carbocycles. The number of carboxylic acids is 2. The van der Waals surface area contributed by atoms with Crippen molar-refractivity contribution in [3.8, 4) is 0 Å². The van der Waals surface area contributed by atoms with Crippen molar-refractivity contribution >= 4 is 23.9 Å². The van der Waals surface area contributed by atoms with Crippen LogP contribution in [-0.2, 0) is 9.47 Å². The van der Waals surface area contributed by atoms with Gasteiger partial charge in [-0.2, -0.15) is 0 Å². The molecule has 208 valence electrons. The van der Waals surface area contributed by atoms with Crippen LogP contribution in [0.4, 0.5) is 0 Å².